The summed E-state index contributed by atoms with van der Waals surface area (Å²) in [7, 11) is 0. The monoisotopic (exact) mass is 329 g/mol. The summed E-state index contributed by atoms with van der Waals surface area (Å²) in [6.45, 7) is 2.84. The summed E-state index contributed by atoms with van der Waals surface area (Å²) < 4.78 is 0. The molecule has 2 N–H and O–H groups in total. The van der Waals surface area contributed by atoms with Gasteiger partial charge in [0.15, 0.2) is 0 Å². The van der Waals surface area contributed by atoms with Gasteiger partial charge in [-0.3, -0.25) is 24.5 Å². The van der Waals surface area contributed by atoms with Gasteiger partial charge in [-0.15, -0.1) is 0 Å². The first-order valence-corrected chi connectivity index (χ1v) is 8.07. The van der Waals surface area contributed by atoms with E-state index in [1.54, 1.807) is 18.2 Å². The molecule has 0 saturated carbocycles. The fourth-order valence-corrected chi connectivity index (χ4v) is 3.06. The molecule has 24 heavy (non-hydrogen) atoms. The zero-order chi connectivity index (χ0) is 17.3. The van der Waals surface area contributed by atoms with Crippen molar-refractivity contribution in [1.82, 2.24) is 15.5 Å². The summed E-state index contributed by atoms with van der Waals surface area (Å²) >= 11 is 0. The summed E-state index contributed by atoms with van der Waals surface area (Å²) in [5, 5.41) is 5.07. The maximum Gasteiger partial charge on any atom is 0.255 e. The molecule has 0 aliphatic carbocycles. The molecule has 1 aromatic carbocycles. The smallest absolute Gasteiger partial charge is 0.255 e. The van der Waals surface area contributed by atoms with Crippen molar-refractivity contribution in [3.8, 4) is 0 Å². The average molecular weight is 329 g/mol. The Hall–Kier alpha value is -2.70. The molecule has 1 fully saturated rings. The third-order valence-corrected chi connectivity index (χ3v) is 4.32. The Morgan fingerprint density at radius 1 is 1.33 bits per heavy atom. The lowest BCUT2D eigenvalue weighted by molar-refractivity contribution is -0.136. The first kappa shape index (κ1) is 16.2. The second-order valence-corrected chi connectivity index (χ2v) is 6.03. The molecule has 2 aliphatic heterocycles. The number of fused-ring (bicyclic) bond motifs is 1. The van der Waals surface area contributed by atoms with Crippen molar-refractivity contribution in [3.05, 3.63) is 34.9 Å². The van der Waals surface area contributed by atoms with Gasteiger partial charge in [-0.1, -0.05) is 6.92 Å². The van der Waals surface area contributed by atoms with E-state index < -0.39 is 11.9 Å². The summed E-state index contributed by atoms with van der Waals surface area (Å²) in [6.07, 6.45) is 1.40. The minimum Gasteiger partial charge on any atom is -0.352 e. The molecule has 7 nitrogen and oxygen atoms in total. The summed E-state index contributed by atoms with van der Waals surface area (Å²) in [4.78, 5) is 49.3. The zero-order valence-corrected chi connectivity index (χ0v) is 13.4. The predicted octanol–water partition coefficient (Wildman–Crippen LogP) is 0.587. The quantitative estimate of drug-likeness (QED) is 0.790. The van der Waals surface area contributed by atoms with Gasteiger partial charge in [0.05, 0.1) is 0 Å². The molecule has 0 bridgehead atoms. The van der Waals surface area contributed by atoms with Gasteiger partial charge in [0, 0.05) is 30.6 Å². The Bertz CT molecular complexity index is 729. The highest BCUT2D eigenvalue weighted by Gasteiger charge is 2.39. The van der Waals surface area contributed by atoms with E-state index in [0.29, 0.717) is 24.1 Å². The summed E-state index contributed by atoms with van der Waals surface area (Å²) in [5.74, 6) is -1.16. The average Bonchev–Trinajstić information content (AvgIpc) is 2.89. The number of rotatable bonds is 4. The van der Waals surface area contributed by atoms with E-state index in [-0.39, 0.29) is 30.7 Å². The minimum absolute atomic E-state index is 0.174. The molecule has 2 aliphatic rings. The van der Waals surface area contributed by atoms with Crippen molar-refractivity contribution in [2.24, 2.45) is 0 Å². The standard InChI is InChI=1S/C17H19N3O4/c1-2-7-18-15(22)10-3-4-12-11(8-10)9-20(17(12)24)13-5-6-14(21)19-16(13)23/h3-4,8,13H,2,5-7,9H2,1H3,(H,18,22)(H,19,21,23). The fraction of sp³-hybridized carbons (Fsp3) is 0.412. The molecular formula is C17H19N3O4. The molecule has 0 spiro atoms. The van der Waals surface area contributed by atoms with E-state index in [9.17, 15) is 19.2 Å². The van der Waals surface area contributed by atoms with Crippen LogP contribution >= 0.6 is 0 Å². The minimum atomic E-state index is -0.639. The van der Waals surface area contributed by atoms with Crippen LogP contribution in [0.5, 0.6) is 0 Å². The fourth-order valence-electron chi connectivity index (χ4n) is 3.06. The Morgan fingerprint density at radius 2 is 2.12 bits per heavy atom. The second-order valence-electron chi connectivity index (χ2n) is 6.03. The van der Waals surface area contributed by atoms with Crippen molar-refractivity contribution in [2.45, 2.75) is 38.8 Å². The highest BCUT2D eigenvalue weighted by molar-refractivity contribution is 6.06. The Morgan fingerprint density at radius 3 is 2.83 bits per heavy atom. The number of hydrogen-bond donors (Lipinski definition) is 2. The normalized spacial score (nSPS) is 20.0. The van der Waals surface area contributed by atoms with Crippen LogP contribution in [0.1, 0.15) is 52.5 Å². The summed E-state index contributed by atoms with van der Waals surface area (Å²) in [6, 6.07) is 4.31. The number of piperidine rings is 1. The van der Waals surface area contributed by atoms with Crippen molar-refractivity contribution < 1.29 is 19.2 Å². The Kier molecular flexibility index (Phi) is 4.33. The van der Waals surface area contributed by atoms with Gasteiger partial charge in [0.1, 0.15) is 6.04 Å². The molecule has 1 atom stereocenters. The predicted molar refractivity (Wildman–Crippen MR) is 85.1 cm³/mol. The maximum absolute atomic E-state index is 12.5. The van der Waals surface area contributed by atoms with E-state index in [1.807, 2.05) is 6.92 Å². The van der Waals surface area contributed by atoms with Gasteiger partial charge in [-0.25, -0.2) is 0 Å². The molecule has 4 amide bonds. The second kappa shape index (κ2) is 6.43. The number of carbonyl (C=O) groups is 4. The van der Waals surface area contributed by atoms with Gasteiger partial charge in [0.2, 0.25) is 11.8 Å². The molecule has 1 aromatic rings. The van der Waals surface area contributed by atoms with Crippen LogP contribution in [0.25, 0.3) is 0 Å². The third-order valence-electron chi connectivity index (χ3n) is 4.32. The van der Waals surface area contributed by atoms with Crippen LogP contribution in [0.4, 0.5) is 0 Å². The van der Waals surface area contributed by atoms with E-state index >= 15 is 0 Å². The van der Waals surface area contributed by atoms with Gasteiger partial charge in [-0.2, -0.15) is 0 Å². The molecule has 0 radical (unpaired) electrons. The largest absolute Gasteiger partial charge is 0.352 e. The highest BCUT2D eigenvalue weighted by atomic mass is 16.2. The number of imide groups is 1. The lowest BCUT2D eigenvalue weighted by Gasteiger charge is -2.29. The van der Waals surface area contributed by atoms with Crippen LogP contribution in [-0.2, 0) is 16.1 Å². The summed E-state index contributed by atoms with van der Waals surface area (Å²) in [5.41, 5.74) is 1.74. The van der Waals surface area contributed by atoms with Crippen LogP contribution in [0, 0.1) is 0 Å². The lowest BCUT2D eigenvalue weighted by atomic mass is 10.0. The van der Waals surface area contributed by atoms with Crippen LogP contribution in [-0.4, -0.2) is 41.1 Å². The number of hydrogen-bond acceptors (Lipinski definition) is 4. The van der Waals surface area contributed by atoms with Gasteiger partial charge in [-0.05, 0) is 36.6 Å². The van der Waals surface area contributed by atoms with Crippen molar-refractivity contribution in [2.75, 3.05) is 6.54 Å². The molecular weight excluding hydrogens is 310 g/mol. The van der Waals surface area contributed by atoms with E-state index in [1.165, 1.54) is 4.90 Å². The van der Waals surface area contributed by atoms with Crippen LogP contribution in [0.3, 0.4) is 0 Å². The SMILES string of the molecule is CCCNC(=O)c1ccc2c(c1)CN(C1CCC(=O)NC1=O)C2=O. The molecule has 7 heteroatoms. The van der Waals surface area contributed by atoms with E-state index in [0.717, 1.165) is 12.0 Å². The van der Waals surface area contributed by atoms with Crippen LogP contribution < -0.4 is 10.6 Å². The van der Waals surface area contributed by atoms with Gasteiger partial charge >= 0.3 is 0 Å². The van der Waals surface area contributed by atoms with Crippen LogP contribution in [0.2, 0.25) is 0 Å². The number of nitrogens with zero attached hydrogens (tertiary/aromatic N) is 1. The molecule has 2 heterocycles. The van der Waals surface area contributed by atoms with Crippen molar-refractivity contribution >= 4 is 23.6 Å². The topological polar surface area (TPSA) is 95.6 Å². The molecule has 126 valence electrons. The highest BCUT2D eigenvalue weighted by Crippen LogP contribution is 2.28. The van der Waals surface area contributed by atoms with Crippen molar-refractivity contribution in [1.29, 1.82) is 0 Å². The molecule has 3 rings (SSSR count). The number of amides is 4. The van der Waals surface area contributed by atoms with Crippen LogP contribution in [0.15, 0.2) is 18.2 Å². The van der Waals surface area contributed by atoms with Crippen molar-refractivity contribution in [3.63, 3.8) is 0 Å². The number of nitrogens with one attached hydrogen (secondary N) is 2. The van der Waals surface area contributed by atoms with E-state index in [2.05, 4.69) is 10.6 Å². The maximum atomic E-state index is 12.5. The first-order chi connectivity index (χ1) is 11.5. The van der Waals surface area contributed by atoms with Gasteiger partial charge in [0.25, 0.3) is 11.8 Å². The third kappa shape index (κ3) is 2.89. The lowest BCUT2D eigenvalue weighted by Crippen LogP contribution is -2.52. The molecule has 1 saturated heterocycles. The molecule has 0 aromatic heterocycles. The number of carbonyl (C=O) groups excluding carboxylic acids is 4. The first-order valence-electron chi connectivity index (χ1n) is 8.07. The Labute approximate surface area is 139 Å². The zero-order valence-electron chi connectivity index (χ0n) is 13.4. The van der Waals surface area contributed by atoms with E-state index in [4.69, 9.17) is 0 Å². The van der Waals surface area contributed by atoms with Gasteiger partial charge < -0.3 is 10.2 Å². The Balaban J connectivity index is 1.79. The number of benzene rings is 1. The molecule has 1 unspecified atom stereocenters.